The van der Waals surface area contributed by atoms with Gasteiger partial charge in [-0.1, -0.05) is 30.3 Å². The minimum atomic E-state index is -1.00. The van der Waals surface area contributed by atoms with Crippen LogP contribution in [0.3, 0.4) is 0 Å². The van der Waals surface area contributed by atoms with Crippen LogP contribution in [0.1, 0.15) is 25.8 Å². The zero-order valence-corrected chi connectivity index (χ0v) is 16.9. The fraction of sp³-hybridized carbons (Fsp3) is 0.318. The van der Waals surface area contributed by atoms with E-state index in [4.69, 9.17) is 16.2 Å². The molecule has 7 heteroatoms. The van der Waals surface area contributed by atoms with Crippen molar-refractivity contribution in [3.63, 3.8) is 0 Å². The molecule has 7 nitrogen and oxygen atoms in total. The van der Waals surface area contributed by atoms with E-state index in [1.165, 1.54) is 4.90 Å². The van der Waals surface area contributed by atoms with E-state index in [-0.39, 0.29) is 24.9 Å². The fourth-order valence-electron chi connectivity index (χ4n) is 3.65. The van der Waals surface area contributed by atoms with Gasteiger partial charge < -0.3 is 16.2 Å². The number of rotatable bonds is 5. The number of ether oxygens (including phenoxy) is 1. The summed E-state index contributed by atoms with van der Waals surface area (Å²) in [7, 11) is 1.56. The van der Waals surface area contributed by atoms with Crippen LogP contribution >= 0.6 is 0 Å². The molecule has 0 fully saturated rings. The molecule has 2 aromatic carbocycles. The average molecular weight is 394 g/mol. The molecule has 0 radical (unpaired) electrons. The van der Waals surface area contributed by atoms with Crippen LogP contribution < -0.4 is 11.5 Å². The summed E-state index contributed by atoms with van der Waals surface area (Å²) in [5.41, 5.74) is 14.3. The number of benzene rings is 2. The van der Waals surface area contributed by atoms with E-state index in [0.29, 0.717) is 5.69 Å². The minimum absolute atomic E-state index is 0.0766. The quantitative estimate of drug-likeness (QED) is 0.598. The highest BCUT2D eigenvalue weighted by molar-refractivity contribution is 6.01. The second-order valence-electron chi connectivity index (χ2n) is 7.28. The summed E-state index contributed by atoms with van der Waals surface area (Å²) in [4.78, 5) is 31.1. The molecular weight excluding hydrogens is 368 g/mol. The van der Waals surface area contributed by atoms with Crippen molar-refractivity contribution in [2.24, 2.45) is 16.6 Å². The average Bonchev–Trinajstić information content (AvgIpc) is 2.70. The number of anilines is 1. The maximum Gasteiger partial charge on any atom is 0.306 e. The van der Waals surface area contributed by atoms with E-state index in [9.17, 15) is 9.59 Å². The third-order valence-corrected chi connectivity index (χ3v) is 5.34. The first-order valence-corrected chi connectivity index (χ1v) is 9.51. The number of hydrogen-bond acceptors (Lipinski definition) is 6. The van der Waals surface area contributed by atoms with Crippen molar-refractivity contribution < 1.29 is 14.3 Å². The first-order chi connectivity index (χ1) is 13.8. The van der Waals surface area contributed by atoms with E-state index < -0.39 is 17.4 Å². The van der Waals surface area contributed by atoms with Gasteiger partial charge in [0, 0.05) is 12.7 Å². The Kier molecular flexibility index (Phi) is 5.59. The molecule has 0 aliphatic carbocycles. The number of carbonyl (C=O) groups is 2. The Morgan fingerprint density at radius 1 is 1.17 bits per heavy atom. The Morgan fingerprint density at radius 2 is 1.83 bits per heavy atom. The summed E-state index contributed by atoms with van der Waals surface area (Å²) in [5, 5.41) is 0. The molecule has 152 valence electrons. The van der Waals surface area contributed by atoms with Crippen LogP contribution in [0, 0.1) is 5.92 Å². The molecule has 1 aliphatic heterocycles. The summed E-state index contributed by atoms with van der Waals surface area (Å²) >= 11 is 0. The zero-order chi connectivity index (χ0) is 21.2. The number of amides is 1. The third-order valence-electron chi connectivity index (χ3n) is 5.34. The van der Waals surface area contributed by atoms with Crippen molar-refractivity contribution in [1.82, 2.24) is 4.90 Å². The van der Waals surface area contributed by atoms with Crippen molar-refractivity contribution in [1.29, 1.82) is 0 Å². The molecule has 4 N–H and O–H groups in total. The number of esters is 1. The van der Waals surface area contributed by atoms with Crippen LogP contribution in [0.15, 0.2) is 53.5 Å². The van der Waals surface area contributed by atoms with Crippen LogP contribution in [0.5, 0.6) is 0 Å². The van der Waals surface area contributed by atoms with Gasteiger partial charge in [-0.25, -0.2) is 4.99 Å². The number of nitrogens with zero attached hydrogens (tertiary/aromatic N) is 2. The van der Waals surface area contributed by atoms with Crippen LogP contribution in [0.25, 0.3) is 11.1 Å². The van der Waals surface area contributed by atoms with Gasteiger partial charge in [0.15, 0.2) is 5.96 Å². The second kappa shape index (κ2) is 7.95. The fourth-order valence-corrected chi connectivity index (χ4v) is 3.65. The van der Waals surface area contributed by atoms with Gasteiger partial charge in [-0.2, -0.15) is 0 Å². The molecule has 0 saturated heterocycles. The zero-order valence-electron chi connectivity index (χ0n) is 16.9. The van der Waals surface area contributed by atoms with Crippen LogP contribution in [0.2, 0.25) is 0 Å². The maximum atomic E-state index is 13.0. The molecule has 1 heterocycles. The van der Waals surface area contributed by atoms with Crippen LogP contribution in [-0.4, -0.2) is 36.4 Å². The first kappa shape index (κ1) is 20.4. The van der Waals surface area contributed by atoms with Crippen molar-refractivity contribution in [3.8, 4) is 11.1 Å². The van der Waals surface area contributed by atoms with E-state index in [2.05, 4.69) is 4.99 Å². The van der Waals surface area contributed by atoms with Gasteiger partial charge in [0.25, 0.3) is 0 Å². The lowest BCUT2D eigenvalue weighted by molar-refractivity contribution is -0.149. The second-order valence-corrected chi connectivity index (χ2v) is 7.28. The normalized spacial score (nSPS) is 21.6. The number of nitrogen functional groups attached to an aromatic ring is 1. The smallest absolute Gasteiger partial charge is 0.306 e. The van der Waals surface area contributed by atoms with E-state index in [1.807, 2.05) is 55.5 Å². The SMILES string of the molecule is CCOC(=O)C[C@@H]1C(=O)N(C)C(N)=N[C@]1(C)c1cccc(-c2cccc(N)c2)c1. The molecule has 1 amide bonds. The van der Waals surface area contributed by atoms with Crippen molar-refractivity contribution >= 4 is 23.5 Å². The molecular formula is C22H26N4O3. The Hall–Kier alpha value is -3.35. The number of aliphatic imine (C=N–C) groups is 1. The highest BCUT2D eigenvalue weighted by atomic mass is 16.5. The lowest BCUT2D eigenvalue weighted by Crippen LogP contribution is -2.54. The topological polar surface area (TPSA) is 111 Å². The highest BCUT2D eigenvalue weighted by Crippen LogP contribution is 2.41. The highest BCUT2D eigenvalue weighted by Gasteiger charge is 2.47. The molecule has 2 atom stereocenters. The number of nitrogens with two attached hydrogens (primary N) is 2. The predicted molar refractivity (Wildman–Crippen MR) is 113 cm³/mol. The molecule has 2 aromatic rings. The lowest BCUT2D eigenvalue weighted by Gasteiger charge is -2.40. The lowest BCUT2D eigenvalue weighted by atomic mass is 9.75. The van der Waals surface area contributed by atoms with Crippen LogP contribution in [-0.2, 0) is 19.9 Å². The Labute approximate surface area is 170 Å². The molecule has 0 spiro atoms. The third kappa shape index (κ3) is 3.94. The largest absolute Gasteiger partial charge is 0.466 e. The van der Waals surface area contributed by atoms with Gasteiger partial charge in [-0.3, -0.25) is 14.5 Å². The van der Waals surface area contributed by atoms with Gasteiger partial charge >= 0.3 is 5.97 Å². The summed E-state index contributed by atoms with van der Waals surface area (Å²) < 4.78 is 5.09. The molecule has 1 aliphatic rings. The van der Waals surface area contributed by atoms with Gasteiger partial charge in [0.2, 0.25) is 5.91 Å². The first-order valence-electron chi connectivity index (χ1n) is 9.51. The molecule has 0 unspecified atom stereocenters. The van der Waals surface area contributed by atoms with Gasteiger partial charge in [0.1, 0.15) is 0 Å². The monoisotopic (exact) mass is 394 g/mol. The number of guanidine groups is 1. The number of hydrogen-bond donors (Lipinski definition) is 2. The standard InChI is InChI=1S/C22H26N4O3/c1-4-29-19(27)13-18-20(28)26(3)21(24)25-22(18,2)16-9-5-7-14(11-16)15-8-6-10-17(23)12-15/h5-12,18H,4,13,23H2,1-3H3,(H2,24,25)/t18-,22-/m1/s1. The van der Waals surface area contributed by atoms with Crippen molar-refractivity contribution in [2.75, 3.05) is 19.4 Å². The summed E-state index contributed by atoms with van der Waals surface area (Å²) in [6.07, 6.45) is -0.0766. The maximum absolute atomic E-state index is 13.0. The van der Waals surface area contributed by atoms with Gasteiger partial charge in [-0.05, 0) is 48.7 Å². The Bertz CT molecular complexity index is 972. The summed E-state index contributed by atoms with van der Waals surface area (Å²) in [6, 6.07) is 15.3. The summed E-state index contributed by atoms with van der Waals surface area (Å²) in [5.74, 6) is -1.31. The van der Waals surface area contributed by atoms with Crippen LogP contribution in [0.4, 0.5) is 5.69 Å². The van der Waals surface area contributed by atoms with Gasteiger partial charge in [0.05, 0.1) is 24.5 Å². The minimum Gasteiger partial charge on any atom is -0.466 e. The Morgan fingerprint density at radius 3 is 2.48 bits per heavy atom. The summed E-state index contributed by atoms with van der Waals surface area (Å²) in [6.45, 7) is 3.81. The number of carbonyl (C=O) groups excluding carboxylic acids is 2. The Balaban J connectivity index is 2.08. The van der Waals surface area contributed by atoms with E-state index >= 15 is 0 Å². The van der Waals surface area contributed by atoms with Crippen molar-refractivity contribution in [2.45, 2.75) is 25.8 Å². The van der Waals surface area contributed by atoms with E-state index in [1.54, 1.807) is 14.0 Å². The van der Waals surface area contributed by atoms with Gasteiger partial charge in [-0.15, -0.1) is 0 Å². The predicted octanol–water partition coefficient (Wildman–Crippen LogP) is 2.51. The van der Waals surface area contributed by atoms with E-state index in [0.717, 1.165) is 16.7 Å². The molecule has 3 rings (SSSR count). The van der Waals surface area contributed by atoms with Crippen molar-refractivity contribution in [3.05, 3.63) is 54.1 Å². The molecule has 0 aromatic heterocycles. The molecule has 29 heavy (non-hydrogen) atoms. The molecule has 0 saturated carbocycles. The molecule has 0 bridgehead atoms.